The second kappa shape index (κ2) is 9.53. The Morgan fingerprint density at radius 2 is 1.86 bits per heavy atom. The van der Waals surface area contributed by atoms with Crippen LogP contribution in [0.1, 0.15) is 34.5 Å². The summed E-state index contributed by atoms with van der Waals surface area (Å²) in [4.78, 5) is 33.2. The summed E-state index contributed by atoms with van der Waals surface area (Å²) in [6.07, 6.45) is 0.618. The van der Waals surface area contributed by atoms with Crippen molar-refractivity contribution < 1.29 is 22.8 Å². The number of nitrogen functional groups attached to an aromatic ring is 1. The van der Waals surface area contributed by atoms with Crippen molar-refractivity contribution in [2.75, 3.05) is 11.1 Å². The van der Waals surface area contributed by atoms with E-state index in [1.807, 2.05) is 0 Å². The van der Waals surface area contributed by atoms with E-state index in [1.54, 1.807) is 12.1 Å². The SMILES string of the molecule is Nc1cncc(C(=O)NC2(C(=O)NCc3ccc(Nc4ccc(Br)cc4C(F)(F)F)cn3)CC2)c1. The van der Waals surface area contributed by atoms with E-state index in [0.717, 1.165) is 6.07 Å². The highest BCUT2D eigenvalue weighted by molar-refractivity contribution is 9.10. The number of amides is 2. The Hall–Kier alpha value is -3.67. The Kier molecular flexibility index (Phi) is 6.66. The minimum absolute atomic E-state index is 0.0860. The average Bonchev–Trinajstić information content (AvgIpc) is 3.59. The lowest BCUT2D eigenvalue weighted by molar-refractivity contribution is -0.137. The maximum atomic E-state index is 13.3. The Morgan fingerprint density at radius 1 is 1.09 bits per heavy atom. The number of carbonyl (C=O) groups is 2. The first-order valence-corrected chi connectivity index (χ1v) is 11.3. The summed E-state index contributed by atoms with van der Waals surface area (Å²) in [6.45, 7) is 0.0860. The van der Waals surface area contributed by atoms with Gasteiger partial charge in [0, 0.05) is 16.9 Å². The van der Waals surface area contributed by atoms with E-state index in [9.17, 15) is 22.8 Å². The van der Waals surface area contributed by atoms with Crippen LogP contribution < -0.4 is 21.7 Å². The number of rotatable bonds is 7. The van der Waals surface area contributed by atoms with Crippen LogP contribution >= 0.6 is 15.9 Å². The van der Waals surface area contributed by atoms with Crippen molar-refractivity contribution in [3.05, 3.63) is 76.3 Å². The molecule has 1 fully saturated rings. The second-order valence-electron chi connectivity index (χ2n) is 8.08. The number of hydrogen-bond acceptors (Lipinski definition) is 6. The number of hydrogen-bond donors (Lipinski definition) is 4. The number of nitrogens with zero attached hydrogens (tertiary/aromatic N) is 2. The monoisotopic (exact) mass is 548 g/mol. The standard InChI is InChI=1S/C23H20BrF3N6O2/c24-14-1-4-19(18(8-14)23(25,26)27)32-17-3-2-16(30-12-17)11-31-21(35)22(5-6-22)33-20(34)13-7-15(28)10-29-9-13/h1-4,7-10,12,32H,5-6,11,28H2,(H,31,35)(H,33,34). The number of pyridine rings is 2. The molecule has 35 heavy (non-hydrogen) atoms. The van der Waals surface area contributed by atoms with E-state index >= 15 is 0 Å². The highest BCUT2D eigenvalue weighted by Gasteiger charge is 2.51. The molecule has 4 rings (SSSR count). The van der Waals surface area contributed by atoms with Crippen molar-refractivity contribution in [2.24, 2.45) is 0 Å². The molecule has 0 bridgehead atoms. The lowest BCUT2D eigenvalue weighted by Crippen LogP contribution is -2.48. The number of carbonyl (C=O) groups excluding carboxylic acids is 2. The first kappa shape index (κ1) is 24.5. The molecular formula is C23H20BrF3N6O2. The fraction of sp³-hybridized carbons (Fsp3) is 0.217. The average molecular weight is 549 g/mol. The van der Waals surface area contributed by atoms with Crippen molar-refractivity contribution >= 4 is 44.8 Å². The minimum Gasteiger partial charge on any atom is -0.397 e. The summed E-state index contributed by atoms with van der Waals surface area (Å²) in [7, 11) is 0. The van der Waals surface area contributed by atoms with Gasteiger partial charge in [-0.05, 0) is 49.2 Å². The van der Waals surface area contributed by atoms with E-state index in [4.69, 9.17) is 5.73 Å². The van der Waals surface area contributed by atoms with Crippen molar-refractivity contribution in [2.45, 2.75) is 31.1 Å². The van der Waals surface area contributed by atoms with Gasteiger partial charge in [-0.3, -0.25) is 19.6 Å². The molecule has 1 aliphatic rings. The molecule has 0 radical (unpaired) electrons. The third-order valence-corrected chi connectivity index (χ3v) is 5.87. The van der Waals surface area contributed by atoms with Gasteiger partial charge >= 0.3 is 6.18 Å². The van der Waals surface area contributed by atoms with E-state index in [2.05, 4.69) is 41.8 Å². The predicted molar refractivity (Wildman–Crippen MR) is 127 cm³/mol. The van der Waals surface area contributed by atoms with Crippen LogP contribution in [0.2, 0.25) is 0 Å². The summed E-state index contributed by atoms with van der Waals surface area (Å²) >= 11 is 3.05. The number of anilines is 3. The van der Waals surface area contributed by atoms with Crippen molar-refractivity contribution in [1.29, 1.82) is 0 Å². The summed E-state index contributed by atoms with van der Waals surface area (Å²) < 4.78 is 40.3. The van der Waals surface area contributed by atoms with E-state index in [-0.39, 0.29) is 23.7 Å². The summed E-state index contributed by atoms with van der Waals surface area (Å²) in [5.41, 5.74) is 5.18. The van der Waals surface area contributed by atoms with Gasteiger partial charge < -0.3 is 21.7 Å². The number of halogens is 4. The van der Waals surface area contributed by atoms with Gasteiger partial charge in [-0.15, -0.1) is 0 Å². The minimum atomic E-state index is -4.53. The van der Waals surface area contributed by atoms with Gasteiger partial charge in [0.2, 0.25) is 5.91 Å². The third-order valence-electron chi connectivity index (χ3n) is 5.38. The summed E-state index contributed by atoms with van der Waals surface area (Å²) in [6, 6.07) is 8.45. The molecule has 3 aromatic rings. The molecule has 0 spiro atoms. The molecular weight excluding hydrogens is 529 g/mol. The van der Waals surface area contributed by atoms with Crippen molar-refractivity contribution in [3.8, 4) is 0 Å². The molecule has 2 amide bonds. The first-order valence-electron chi connectivity index (χ1n) is 10.5. The van der Waals surface area contributed by atoms with Crippen LogP contribution in [0, 0.1) is 0 Å². The molecule has 8 nitrogen and oxygen atoms in total. The Balaban J connectivity index is 1.35. The quantitative estimate of drug-likeness (QED) is 0.351. The van der Waals surface area contributed by atoms with E-state index < -0.39 is 23.2 Å². The topological polar surface area (TPSA) is 122 Å². The molecule has 0 aliphatic heterocycles. The van der Waals surface area contributed by atoms with Gasteiger partial charge in [0.25, 0.3) is 5.91 Å². The molecule has 1 aromatic carbocycles. The Labute approximate surface area is 206 Å². The number of alkyl halides is 3. The second-order valence-corrected chi connectivity index (χ2v) is 8.99. The van der Waals surface area contributed by atoms with Crippen LogP contribution in [0.25, 0.3) is 0 Å². The number of benzene rings is 1. The van der Waals surface area contributed by atoms with Crippen LogP contribution in [0.3, 0.4) is 0 Å². The van der Waals surface area contributed by atoms with E-state index in [0.29, 0.717) is 34.4 Å². The zero-order valence-corrected chi connectivity index (χ0v) is 19.7. The maximum absolute atomic E-state index is 13.3. The lowest BCUT2D eigenvalue weighted by atomic mass is 10.1. The predicted octanol–water partition coefficient (Wildman–Crippen LogP) is 4.16. The molecule has 2 aromatic heterocycles. The molecule has 0 atom stereocenters. The van der Waals surface area contributed by atoms with Crippen LogP contribution in [0.4, 0.5) is 30.2 Å². The van der Waals surface area contributed by atoms with Gasteiger partial charge in [-0.1, -0.05) is 15.9 Å². The molecule has 1 saturated carbocycles. The van der Waals surface area contributed by atoms with Gasteiger partial charge in [0.15, 0.2) is 0 Å². The fourth-order valence-electron chi connectivity index (χ4n) is 3.36. The number of nitrogens with two attached hydrogens (primary N) is 1. The van der Waals surface area contributed by atoms with Crippen LogP contribution in [0.5, 0.6) is 0 Å². The third kappa shape index (κ3) is 5.88. The van der Waals surface area contributed by atoms with E-state index in [1.165, 1.54) is 36.8 Å². The summed E-state index contributed by atoms with van der Waals surface area (Å²) in [5, 5.41) is 8.20. The molecule has 1 aliphatic carbocycles. The largest absolute Gasteiger partial charge is 0.418 e. The van der Waals surface area contributed by atoms with Crippen molar-refractivity contribution in [1.82, 2.24) is 20.6 Å². The van der Waals surface area contributed by atoms with Crippen LogP contribution in [-0.4, -0.2) is 27.3 Å². The highest BCUT2D eigenvalue weighted by Crippen LogP contribution is 2.38. The molecule has 182 valence electrons. The normalized spacial score (nSPS) is 14.2. The van der Waals surface area contributed by atoms with Crippen LogP contribution in [0.15, 0.2) is 59.5 Å². The Bertz CT molecular complexity index is 1260. The maximum Gasteiger partial charge on any atom is 0.418 e. The zero-order chi connectivity index (χ0) is 25.2. The molecule has 12 heteroatoms. The van der Waals surface area contributed by atoms with Crippen molar-refractivity contribution in [3.63, 3.8) is 0 Å². The fourth-order valence-corrected chi connectivity index (χ4v) is 3.72. The Morgan fingerprint density at radius 3 is 2.49 bits per heavy atom. The number of nitrogens with one attached hydrogen (secondary N) is 3. The first-order chi connectivity index (χ1) is 16.6. The number of aromatic nitrogens is 2. The van der Waals surface area contributed by atoms with Crippen LogP contribution in [-0.2, 0) is 17.5 Å². The van der Waals surface area contributed by atoms with Gasteiger partial charge in [-0.25, -0.2) is 0 Å². The lowest BCUT2D eigenvalue weighted by Gasteiger charge is -2.17. The van der Waals surface area contributed by atoms with Gasteiger partial charge in [0.05, 0.1) is 46.6 Å². The molecule has 0 saturated heterocycles. The smallest absolute Gasteiger partial charge is 0.397 e. The highest BCUT2D eigenvalue weighted by atomic mass is 79.9. The molecule has 2 heterocycles. The zero-order valence-electron chi connectivity index (χ0n) is 18.1. The van der Waals surface area contributed by atoms with Gasteiger partial charge in [-0.2, -0.15) is 13.2 Å². The molecule has 0 unspecified atom stereocenters. The van der Waals surface area contributed by atoms with Gasteiger partial charge in [0.1, 0.15) is 5.54 Å². The summed E-state index contributed by atoms with van der Waals surface area (Å²) in [5.74, 6) is -0.798. The molecule has 5 N–H and O–H groups in total.